The second-order valence-corrected chi connectivity index (χ2v) is 14.0. The SMILES string of the molecule is CCCc1ccc(-c2cccc(C3=NC4(CCN(S(=O)(=O)CCc5c(C)cc(N(C)C(N)=O)cc5C)CC4)C(=O)N3)c2)cc1. The molecule has 1 saturated heterocycles. The molecule has 0 saturated carbocycles. The van der Waals surface area contributed by atoms with Crippen molar-refractivity contribution in [2.45, 2.75) is 58.4 Å². The van der Waals surface area contributed by atoms with Crippen LogP contribution < -0.4 is 16.0 Å². The van der Waals surface area contributed by atoms with Crippen LogP contribution in [-0.4, -0.2) is 61.9 Å². The fourth-order valence-corrected chi connectivity index (χ4v) is 7.63. The van der Waals surface area contributed by atoms with E-state index in [1.807, 2.05) is 50.2 Å². The molecule has 9 nitrogen and oxygen atoms in total. The number of carbonyl (C=O) groups excluding carboxylic acids is 2. The molecule has 5 rings (SSSR count). The number of amides is 3. The number of nitrogens with zero attached hydrogens (tertiary/aromatic N) is 3. The van der Waals surface area contributed by atoms with Gasteiger partial charge in [-0.15, -0.1) is 0 Å². The van der Waals surface area contributed by atoms with E-state index < -0.39 is 21.6 Å². The molecule has 3 aromatic carbocycles. The number of aryl methyl sites for hydroxylation is 3. The summed E-state index contributed by atoms with van der Waals surface area (Å²) in [4.78, 5) is 31.0. The van der Waals surface area contributed by atoms with E-state index in [4.69, 9.17) is 10.7 Å². The minimum absolute atomic E-state index is 0.0420. The molecule has 232 valence electrons. The molecule has 0 bridgehead atoms. The van der Waals surface area contributed by atoms with E-state index in [2.05, 4.69) is 36.5 Å². The van der Waals surface area contributed by atoms with E-state index >= 15 is 0 Å². The Morgan fingerprint density at radius 3 is 2.23 bits per heavy atom. The van der Waals surface area contributed by atoms with Gasteiger partial charge in [-0.1, -0.05) is 55.8 Å². The zero-order valence-corrected chi connectivity index (χ0v) is 26.7. The van der Waals surface area contributed by atoms with Gasteiger partial charge in [-0.2, -0.15) is 0 Å². The van der Waals surface area contributed by atoms with Crippen LogP contribution in [0.5, 0.6) is 0 Å². The predicted molar refractivity (Wildman–Crippen MR) is 175 cm³/mol. The monoisotopic (exact) mass is 615 g/mol. The number of rotatable bonds is 9. The maximum atomic E-state index is 13.4. The minimum atomic E-state index is -3.56. The van der Waals surface area contributed by atoms with E-state index in [-0.39, 0.29) is 24.7 Å². The average molecular weight is 616 g/mol. The van der Waals surface area contributed by atoms with Crippen molar-refractivity contribution in [1.82, 2.24) is 9.62 Å². The van der Waals surface area contributed by atoms with Gasteiger partial charge in [-0.3, -0.25) is 14.7 Å². The highest BCUT2D eigenvalue weighted by Gasteiger charge is 2.47. The third-order valence-electron chi connectivity index (χ3n) is 8.89. The Kier molecular flexibility index (Phi) is 8.95. The summed E-state index contributed by atoms with van der Waals surface area (Å²) in [5.41, 5.74) is 12.1. The number of primary amides is 1. The molecule has 3 amide bonds. The van der Waals surface area contributed by atoms with Gasteiger partial charge < -0.3 is 11.1 Å². The third kappa shape index (κ3) is 6.42. The summed E-state index contributed by atoms with van der Waals surface area (Å²) in [7, 11) is -1.96. The van der Waals surface area contributed by atoms with Gasteiger partial charge in [0.1, 0.15) is 11.4 Å². The Hall–Kier alpha value is -4.02. The number of anilines is 1. The molecule has 3 N–H and O–H groups in total. The Labute approximate surface area is 260 Å². The third-order valence-corrected chi connectivity index (χ3v) is 10.8. The van der Waals surface area contributed by atoms with Crippen LogP contribution in [0.1, 0.15) is 54.0 Å². The van der Waals surface area contributed by atoms with Crippen LogP contribution in [0, 0.1) is 13.8 Å². The van der Waals surface area contributed by atoms with E-state index in [9.17, 15) is 18.0 Å². The van der Waals surface area contributed by atoms with Crippen LogP contribution in [0.25, 0.3) is 11.1 Å². The lowest BCUT2D eigenvalue weighted by Gasteiger charge is -2.34. The summed E-state index contributed by atoms with van der Waals surface area (Å²) < 4.78 is 28.2. The number of sulfonamides is 1. The molecule has 0 radical (unpaired) electrons. The number of piperidine rings is 1. The highest BCUT2D eigenvalue weighted by molar-refractivity contribution is 7.89. The zero-order chi connectivity index (χ0) is 31.6. The first-order chi connectivity index (χ1) is 20.9. The maximum absolute atomic E-state index is 13.4. The van der Waals surface area contributed by atoms with Crippen LogP contribution in [0.4, 0.5) is 10.5 Å². The zero-order valence-electron chi connectivity index (χ0n) is 25.9. The van der Waals surface area contributed by atoms with Crippen LogP contribution >= 0.6 is 0 Å². The molecule has 0 aromatic heterocycles. The van der Waals surface area contributed by atoms with Crippen molar-refractivity contribution in [3.05, 3.63) is 88.5 Å². The summed E-state index contributed by atoms with van der Waals surface area (Å²) in [5, 5.41) is 2.98. The van der Waals surface area contributed by atoms with Gasteiger partial charge in [0.05, 0.1) is 5.75 Å². The predicted octanol–water partition coefficient (Wildman–Crippen LogP) is 4.72. The quantitative estimate of drug-likeness (QED) is 0.361. The van der Waals surface area contributed by atoms with Crippen LogP contribution in [0.15, 0.2) is 65.7 Å². The van der Waals surface area contributed by atoms with Crippen LogP contribution in [0.3, 0.4) is 0 Å². The fourth-order valence-electron chi connectivity index (χ4n) is 6.17. The fraction of sp³-hybridized carbons (Fsp3) is 0.382. The van der Waals surface area contributed by atoms with Crippen molar-refractivity contribution in [2.24, 2.45) is 10.7 Å². The Bertz CT molecular complexity index is 1680. The molecule has 2 aliphatic heterocycles. The van der Waals surface area contributed by atoms with Crippen LogP contribution in [0.2, 0.25) is 0 Å². The van der Waals surface area contributed by atoms with E-state index in [1.165, 1.54) is 14.8 Å². The number of hydrogen-bond acceptors (Lipinski definition) is 5. The number of amidine groups is 1. The Balaban J connectivity index is 1.25. The first-order valence-electron chi connectivity index (χ1n) is 15.1. The van der Waals surface area contributed by atoms with Crippen molar-refractivity contribution in [1.29, 1.82) is 0 Å². The molecule has 0 unspecified atom stereocenters. The van der Waals surface area contributed by atoms with Crippen molar-refractivity contribution in [3.8, 4) is 11.1 Å². The number of aliphatic imine (C=N–C) groups is 1. The smallest absolute Gasteiger partial charge is 0.318 e. The van der Waals surface area contributed by atoms with Gasteiger partial charge in [0, 0.05) is 31.4 Å². The molecule has 0 aliphatic carbocycles. The van der Waals surface area contributed by atoms with Gasteiger partial charge in [-0.25, -0.2) is 17.5 Å². The molecule has 3 aromatic rings. The van der Waals surface area contributed by atoms with Crippen molar-refractivity contribution >= 4 is 33.5 Å². The second kappa shape index (κ2) is 12.5. The van der Waals surface area contributed by atoms with Crippen molar-refractivity contribution in [3.63, 3.8) is 0 Å². The van der Waals surface area contributed by atoms with Crippen molar-refractivity contribution < 1.29 is 18.0 Å². The minimum Gasteiger partial charge on any atom is -0.351 e. The van der Waals surface area contributed by atoms with Gasteiger partial charge in [0.2, 0.25) is 10.0 Å². The molecule has 44 heavy (non-hydrogen) atoms. The lowest BCUT2D eigenvalue weighted by molar-refractivity contribution is -0.124. The second-order valence-electron chi connectivity index (χ2n) is 11.9. The molecule has 2 aliphatic rings. The molecule has 10 heteroatoms. The lowest BCUT2D eigenvalue weighted by Crippen LogP contribution is -2.50. The molecular formula is C34H41N5O4S. The van der Waals surface area contributed by atoms with Gasteiger partial charge in [0.25, 0.3) is 5.91 Å². The first-order valence-corrected chi connectivity index (χ1v) is 16.8. The molecule has 1 fully saturated rings. The average Bonchev–Trinajstić information content (AvgIpc) is 3.31. The number of nitrogens with two attached hydrogens (primary N) is 1. The van der Waals surface area contributed by atoms with E-state index in [0.717, 1.165) is 46.2 Å². The maximum Gasteiger partial charge on any atom is 0.318 e. The highest BCUT2D eigenvalue weighted by Crippen LogP contribution is 2.33. The Morgan fingerprint density at radius 2 is 1.61 bits per heavy atom. The number of hydrogen-bond donors (Lipinski definition) is 2. The Morgan fingerprint density at radius 1 is 0.977 bits per heavy atom. The van der Waals surface area contributed by atoms with E-state index in [1.54, 1.807) is 7.05 Å². The largest absolute Gasteiger partial charge is 0.351 e. The van der Waals surface area contributed by atoms with Crippen molar-refractivity contribution in [2.75, 3.05) is 30.8 Å². The molecule has 2 heterocycles. The number of urea groups is 1. The van der Waals surface area contributed by atoms with Gasteiger partial charge in [0.15, 0.2) is 0 Å². The summed E-state index contributed by atoms with van der Waals surface area (Å²) in [6.45, 7) is 6.45. The summed E-state index contributed by atoms with van der Waals surface area (Å²) in [6, 6.07) is 19.7. The molecule has 0 atom stereocenters. The number of nitrogens with one attached hydrogen (secondary N) is 1. The standard InChI is InChI=1S/C34H41N5O4S/c1-5-7-25-10-12-26(13-11-25)27-8-6-9-28(22-27)31-36-32(40)34(37-31)15-17-39(18-16-34)44(42,43)19-14-30-23(2)20-29(21-24(30)3)38(4)33(35)41/h6,8-13,20-22H,5,7,14-19H2,1-4H3,(H2,35,41)(H,36,37,40). The van der Waals surface area contributed by atoms with E-state index in [0.29, 0.717) is 30.8 Å². The topological polar surface area (TPSA) is 125 Å². The number of benzene rings is 3. The summed E-state index contributed by atoms with van der Waals surface area (Å²) in [5.74, 6) is 0.317. The summed E-state index contributed by atoms with van der Waals surface area (Å²) >= 11 is 0. The molecule has 1 spiro atoms. The molecular weight excluding hydrogens is 574 g/mol. The summed E-state index contributed by atoms with van der Waals surface area (Å²) in [6.07, 6.45) is 3.16. The van der Waals surface area contributed by atoms with Gasteiger partial charge >= 0.3 is 6.03 Å². The normalized spacial score (nSPS) is 16.5. The lowest BCUT2D eigenvalue weighted by atomic mass is 9.89. The highest BCUT2D eigenvalue weighted by atomic mass is 32.2. The first kappa shape index (κ1) is 31.4. The number of carbonyl (C=O) groups is 2. The van der Waals surface area contributed by atoms with Gasteiger partial charge in [-0.05, 0) is 91.1 Å². The van der Waals surface area contributed by atoms with Crippen LogP contribution in [-0.2, 0) is 27.7 Å².